The molecule has 0 saturated carbocycles. The predicted molar refractivity (Wildman–Crippen MR) is 86.4 cm³/mol. The topological polar surface area (TPSA) is 0 Å². The second kappa shape index (κ2) is 3.61. The second-order valence-corrected chi connectivity index (χ2v) is 5.76. The Labute approximate surface area is 117 Å². The highest BCUT2D eigenvalue weighted by Gasteiger charge is 2.18. The summed E-state index contributed by atoms with van der Waals surface area (Å²) >= 11 is 0. The van der Waals surface area contributed by atoms with Crippen molar-refractivity contribution in [2.75, 3.05) is 0 Å². The van der Waals surface area contributed by atoms with Crippen LogP contribution < -0.4 is 0 Å². The number of rotatable bonds is 0. The van der Waals surface area contributed by atoms with Gasteiger partial charge in [0.05, 0.1) is 0 Å². The zero-order valence-electron chi connectivity index (χ0n) is 11.2. The number of benzene rings is 4. The Morgan fingerprint density at radius 2 is 1.30 bits per heavy atom. The Morgan fingerprint density at radius 1 is 0.600 bits per heavy atom. The fourth-order valence-corrected chi connectivity index (χ4v) is 3.85. The van der Waals surface area contributed by atoms with Crippen LogP contribution in [0.2, 0.25) is 0 Å². The van der Waals surface area contributed by atoms with E-state index in [9.17, 15) is 0 Å². The van der Waals surface area contributed by atoms with Gasteiger partial charge >= 0.3 is 0 Å². The highest BCUT2D eigenvalue weighted by Crippen LogP contribution is 2.40. The Bertz CT molecular complexity index is 993. The summed E-state index contributed by atoms with van der Waals surface area (Å²) in [4.78, 5) is 0. The maximum atomic E-state index is 2.39. The van der Waals surface area contributed by atoms with Gasteiger partial charge in [-0.15, -0.1) is 0 Å². The van der Waals surface area contributed by atoms with E-state index < -0.39 is 0 Å². The van der Waals surface area contributed by atoms with Gasteiger partial charge in [0.1, 0.15) is 0 Å². The second-order valence-electron chi connectivity index (χ2n) is 5.76. The molecule has 20 heavy (non-hydrogen) atoms. The van der Waals surface area contributed by atoms with Crippen molar-refractivity contribution in [2.45, 2.75) is 12.8 Å². The maximum Gasteiger partial charge on any atom is -0.00935 e. The number of hydrogen-bond acceptors (Lipinski definition) is 0. The van der Waals surface area contributed by atoms with Crippen molar-refractivity contribution < 1.29 is 0 Å². The summed E-state index contributed by atoms with van der Waals surface area (Å²) in [5.74, 6) is 0. The molecule has 0 amide bonds. The van der Waals surface area contributed by atoms with Crippen molar-refractivity contribution in [3.05, 3.63) is 71.8 Å². The van der Waals surface area contributed by atoms with E-state index in [0.717, 1.165) is 0 Å². The molecule has 0 unspecified atom stereocenters. The number of hydrogen-bond donors (Lipinski definition) is 0. The van der Waals surface area contributed by atoms with E-state index in [1.807, 2.05) is 0 Å². The van der Waals surface area contributed by atoms with Crippen LogP contribution in [-0.2, 0) is 12.8 Å². The Balaban J connectivity index is 2.14. The van der Waals surface area contributed by atoms with Crippen LogP contribution in [0.5, 0.6) is 0 Å². The van der Waals surface area contributed by atoms with Gasteiger partial charge in [-0.25, -0.2) is 0 Å². The highest BCUT2D eigenvalue weighted by molar-refractivity contribution is 6.16. The molecule has 4 aromatic rings. The highest BCUT2D eigenvalue weighted by atomic mass is 14.2. The molecule has 0 aliphatic heterocycles. The normalized spacial score (nSPS) is 13.6. The minimum absolute atomic E-state index is 1.18. The Kier molecular flexibility index (Phi) is 1.88. The molecule has 0 saturated heterocycles. The lowest BCUT2D eigenvalue weighted by atomic mass is 9.94. The van der Waals surface area contributed by atoms with Gasteiger partial charge in [0.2, 0.25) is 0 Å². The van der Waals surface area contributed by atoms with Crippen LogP contribution in [0.1, 0.15) is 11.1 Å². The molecule has 0 fully saturated rings. The van der Waals surface area contributed by atoms with Gasteiger partial charge in [-0.05, 0) is 62.4 Å². The molecular formula is C20H14. The molecule has 1 aliphatic rings. The maximum absolute atomic E-state index is 2.39. The molecule has 0 bridgehead atoms. The largest absolute Gasteiger partial charge is 0.0616 e. The smallest absolute Gasteiger partial charge is 0.00935 e. The van der Waals surface area contributed by atoms with Crippen LogP contribution in [0.4, 0.5) is 0 Å². The van der Waals surface area contributed by atoms with Crippen LogP contribution >= 0.6 is 0 Å². The van der Waals surface area contributed by atoms with E-state index >= 15 is 0 Å². The van der Waals surface area contributed by atoms with Crippen LogP contribution in [-0.4, -0.2) is 0 Å². The Morgan fingerprint density at radius 3 is 2.15 bits per heavy atom. The number of fused-ring (bicyclic) bond motifs is 4. The summed E-state index contributed by atoms with van der Waals surface area (Å²) in [5.41, 5.74) is 3.08. The van der Waals surface area contributed by atoms with Crippen LogP contribution in [0, 0.1) is 0 Å². The zero-order chi connectivity index (χ0) is 13.1. The van der Waals surface area contributed by atoms with Gasteiger partial charge in [-0.1, -0.05) is 54.6 Å². The third-order valence-electron chi connectivity index (χ3n) is 4.70. The number of aryl methyl sites for hydroxylation is 2. The molecule has 0 heteroatoms. The van der Waals surface area contributed by atoms with E-state index in [2.05, 4.69) is 60.7 Å². The molecule has 0 N–H and O–H groups in total. The summed E-state index contributed by atoms with van der Waals surface area (Å²) in [6, 6.07) is 22.4. The summed E-state index contributed by atoms with van der Waals surface area (Å²) in [6.07, 6.45) is 2.37. The summed E-state index contributed by atoms with van der Waals surface area (Å²) < 4.78 is 0. The first-order valence-corrected chi connectivity index (χ1v) is 7.27. The first kappa shape index (κ1) is 10.4. The molecule has 0 heterocycles. The minimum atomic E-state index is 1.18. The van der Waals surface area contributed by atoms with E-state index in [-0.39, 0.29) is 0 Å². The van der Waals surface area contributed by atoms with Crippen molar-refractivity contribution in [1.82, 2.24) is 0 Å². The molecule has 0 atom stereocenters. The van der Waals surface area contributed by atoms with Crippen LogP contribution in [0.25, 0.3) is 32.3 Å². The van der Waals surface area contributed by atoms with Gasteiger partial charge in [0, 0.05) is 0 Å². The third-order valence-corrected chi connectivity index (χ3v) is 4.70. The fraction of sp³-hybridized carbons (Fsp3) is 0.100. The lowest BCUT2D eigenvalue weighted by Gasteiger charge is -2.10. The Hall–Kier alpha value is -2.34. The molecule has 0 spiro atoms. The van der Waals surface area contributed by atoms with Gasteiger partial charge < -0.3 is 0 Å². The van der Waals surface area contributed by atoms with Crippen molar-refractivity contribution in [1.29, 1.82) is 0 Å². The van der Waals surface area contributed by atoms with E-state index in [0.29, 0.717) is 0 Å². The molecule has 0 aromatic heterocycles. The standard InChI is InChI=1S/C20H14/c1-4-8-17-13(5-1)11-15-9-10-18-16-7-3-2-6-14(16)12-19(17)20(15)18/h1-8,11-12H,9-10H2. The average molecular weight is 254 g/mol. The van der Waals surface area contributed by atoms with Crippen LogP contribution in [0.15, 0.2) is 60.7 Å². The molecular weight excluding hydrogens is 240 g/mol. The quantitative estimate of drug-likeness (QED) is 0.297. The van der Waals surface area contributed by atoms with Gasteiger partial charge in [-0.2, -0.15) is 0 Å². The van der Waals surface area contributed by atoms with Crippen LogP contribution in [0.3, 0.4) is 0 Å². The van der Waals surface area contributed by atoms with Gasteiger partial charge in [-0.3, -0.25) is 0 Å². The summed E-state index contributed by atoms with van der Waals surface area (Å²) in [5, 5.41) is 8.53. The molecule has 4 aromatic carbocycles. The molecule has 1 aliphatic carbocycles. The van der Waals surface area contributed by atoms with Crippen molar-refractivity contribution in [3.63, 3.8) is 0 Å². The average Bonchev–Trinajstić information content (AvgIpc) is 2.92. The SMILES string of the molecule is c1ccc2c3c4c(cc5ccccc5c4cc2c1)CC3. The summed E-state index contributed by atoms with van der Waals surface area (Å²) in [7, 11) is 0. The lowest BCUT2D eigenvalue weighted by Crippen LogP contribution is -1.85. The monoisotopic (exact) mass is 254 g/mol. The van der Waals surface area contributed by atoms with Crippen molar-refractivity contribution in [3.8, 4) is 0 Å². The van der Waals surface area contributed by atoms with Crippen molar-refractivity contribution >= 4 is 32.3 Å². The van der Waals surface area contributed by atoms with E-state index in [4.69, 9.17) is 0 Å². The predicted octanol–water partition coefficient (Wildman–Crippen LogP) is 5.24. The third kappa shape index (κ3) is 1.21. The fourth-order valence-electron chi connectivity index (χ4n) is 3.85. The molecule has 5 rings (SSSR count). The van der Waals surface area contributed by atoms with E-state index in [1.54, 1.807) is 5.56 Å². The first-order valence-electron chi connectivity index (χ1n) is 7.27. The first-order chi connectivity index (χ1) is 9.92. The molecule has 0 radical (unpaired) electrons. The zero-order valence-corrected chi connectivity index (χ0v) is 11.2. The lowest BCUT2D eigenvalue weighted by molar-refractivity contribution is 1.03. The molecule has 0 nitrogen and oxygen atoms in total. The summed E-state index contributed by atoms with van der Waals surface area (Å²) in [6.45, 7) is 0. The minimum Gasteiger partial charge on any atom is -0.0616 e. The molecule has 94 valence electrons. The van der Waals surface area contributed by atoms with Gasteiger partial charge in [0.15, 0.2) is 0 Å². The van der Waals surface area contributed by atoms with E-state index in [1.165, 1.54) is 50.7 Å². The van der Waals surface area contributed by atoms with Gasteiger partial charge in [0.25, 0.3) is 0 Å². The van der Waals surface area contributed by atoms with Crippen molar-refractivity contribution in [2.24, 2.45) is 0 Å².